The van der Waals surface area contributed by atoms with Crippen LogP contribution in [0.15, 0.2) is 78.9 Å². The lowest BCUT2D eigenvalue weighted by molar-refractivity contribution is -0.133. The second-order valence-corrected chi connectivity index (χ2v) is 6.49. The summed E-state index contributed by atoms with van der Waals surface area (Å²) in [6, 6.07) is 22.2. The zero-order valence-electron chi connectivity index (χ0n) is 16.0. The monoisotopic (exact) mass is 392 g/mol. The number of nitrogens with one attached hydrogen (secondary N) is 1. The van der Waals surface area contributed by atoms with Gasteiger partial charge in [0.05, 0.1) is 0 Å². The van der Waals surface area contributed by atoms with Gasteiger partial charge in [-0.1, -0.05) is 30.3 Å². The number of anilines is 1. The molecule has 0 fully saturated rings. The molecule has 29 heavy (non-hydrogen) atoms. The van der Waals surface area contributed by atoms with Gasteiger partial charge in [0.1, 0.15) is 23.9 Å². The van der Waals surface area contributed by atoms with Crippen molar-refractivity contribution in [1.82, 2.24) is 4.90 Å². The van der Waals surface area contributed by atoms with Crippen LogP contribution in [0.5, 0.6) is 11.5 Å². The molecule has 0 unspecified atom stereocenters. The molecule has 0 saturated carbocycles. The van der Waals surface area contributed by atoms with Gasteiger partial charge in [-0.05, 0) is 54.1 Å². The van der Waals surface area contributed by atoms with Crippen molar-refractivity contribution >= 4 is 17.5 Å². The van der Waals surface area contributed by atoms with E-state index in [-0.39, 0.29) is 30.7 Å². The van der Waals surface area contributed by atoms with Crippen LogP contribution in [-0.2, 0) is 16.1 Å². The molecular weight excluding hydrogens is 371 g/mol. The molecular formula is C23H21FN2O3. The molecule has 0 aliphatic rings. The molecule has 0 aliphatic heterocycles. The topological polar surface area (TPSA) is 58.6 Å². The first-order chi connectivity index (χ1) is 14.0. The number of hydrogen-bond donors (Lipinski definition) is 1. The average molecular weight is 392 g/mol. The largest absolute Gasteiger partial charge is 0.457 e. The SMILES string of the molecule is CC(=O)N(CC(=O)Nc1ccc(Oc2ccccc2)cc1)Cc1ccc(F)cc1. The molecule has 148 valence electrons. The number of halogens is 1. The van der Waals surface area contributed by atoms with Crippen LogP contribution in [0.1, 0.15) is 12.5 Å². The molecule has 0 heterocycles. The van der Waals surface area contributed by atoms with Gasteiger partial charge < -0.3 is 15.0 Å². The number of ether oxygens (including phenoxy) is 1. The first kappa shape index (κ1) is 20.1. The maximum absolute atomic E-state index is 13.0. The Morgan fingerprint density at radius 3 is 2.14 bits per heavy atom. The van der Waals surface area contributed by atoms with E-state index in [0.717, 1.165) is 11.3 Å². The summed E-state index contributed by atoms with van der Waals surface area (Å²) in [7, 11) is 0. The van der Waals surface area contributed by atoms with Crippen molar-refractivity contribution in [3.8, 4) is 11.5 Å². The molecule has 0 atom stereocenters. The normalized spacial score (nSPS) is 10.3. The zero-order chi connectivity index (χ0) is 20.6. The van der Waals surface area contributed by atoms with Gasteiger partial charge in [0, 0.05) is 19.2 Å². The standard InChI is InChI=1S/C23H21FN2O3/c1-17(27)26(15-18-7-9-19(24)10-8-18)16-23(28)25-20-11-13-22(14-12-20)29-21-5-3-2-4-6-21/h2-14H,15-16H2,1H3,(H,25,28). The van der Waals surface area contributed by atoms with E-state index in [1.54, 1.807) is 36.4 Å². The van der Waals surface area contributed by atoms with Gasteiger partial charge in [0.15, 0.2) is 0 Å². The summed E-state index contributed by atoms with van der Waals surface area (Å²) in [5.41, 5.74) is 1.34. The van der Waals surface area contributed by atoms with Crippen LogP contribution < -0.4 is 10.1 Å². The summed E-state index contributed by atoms with van der Waals surface area (Å²) >= 11 is 0. The predicted octanol–water partition coefficient (Wildman–Crippen LogP) is 4.61. The lowest BCUT2D eigenvalue weighted by Crippen LogP contribution is -2.36. The van der Waals surface area contributed by atoms with Crippen LogP contribution in [0.25, 0.3) is 0 Å². The van der Waals surface area contributed by atoms with Gasteiger partial charge >= 0.3 is 0 Å². The Morgan fingerprint density at radius 2 is 1.52 bits per heavy atom. The molecule has 0 bridgehead atoms. The van der Waals surface area contributed by atoms with Gasteiger partial charge in [-0.25, -0.2) is 4.39 Å². The fourth-order valence-electron chi connectivity index (χ4n) is 2.69. The number of para-hydroxylation sites is 1. The van der Waals surface area contributed by atoms with Gasteiger partial charge in [0.25, 0.3) is 0 Å². The number of nitrogens with zero attached hydrogens (tertiary/aromatic N) is 1. The molecule has 0 radical (unpaired) electrons. The summed E-state index contributed by atoms with van der Waals surface area (Å²) in [5.74, 6) is 0.466. The molecule has 0 saturated heterocycles. The molecule has 2 amide bonds. The van der Waals surface area contributed by atoms with Gasteiger partial charge in [-0.3, -0.25) is 9.59 Å². The molecule has 1 N–H and O–H groups in total. The smallest absolute Gasteiger partial charge is 0.244 e. The molecule has 0 aliphatic carbocycles. The molecule has 0 aromatic heterocycles. The maximum Gasteiger partial charge on any atom is 0.244 e. The van der Waals surface area contributed by atoms with Crippen molar-refractivity contribution in [3.63, 3.8) is 0 Å². The summed E-state index contributed by atoms with van der Waals surface area (Å²) in [6.07, 6.45) is 0. The van der Waals surface area contributed by atoms with Gasteiger partial charge in [-0.2, -0.15) is 0 Å². The van der Waals surface area contributed by atoms with Crippen molar-refractivity contribution in [2.75, 3.05) is 11.9 Å². The highest BCUT2D eigenvalue weighted by Gasteiger charge is 2.14. The average Bonchev–Trinajstić information content (AvgIpc) is 2.71. The number of carbonyl (C=O) groups excluding carboxylic acids is 2. The van der Waals surface area contributed by atoms with Crippen LogP contribution in [0.3, 0.4) is 0 Å². The third kappa shape index (κ3) is 6.17. The van der Waals surface area contributed by atoms with E-state index in [4.69, 9.17) is 4.74 Å². The number of hydrogen-bond acceptors (Lipinski definition) is 3. The minimum Gasteiger partial charge on any atom is -0.457 e. The van der Waals surface area contributed by atoms with Gasteiger partial charge in [0.2, 0.25) is 11.8 Å². The zero-order valence-corrected chi connectivity index (χ0v) is 16.0. The number of amides is 2. The minimum absolute atomic E-state index is 0.102. The van der Waals surface area contributed by atoms with E-state index in [1.165, 1.54) is 24.0 Å². The fourth-order valence-corrected chi connectivity index (χ4v) is 2.69. The van der Waals surface area contributed by atoms with Crippen LogP contribution in [-0.4, -0.2) is 23.3 Å². The van der Waals surface area contributed by atoms with Crippen LogP contribution in [0.2, 0.25) is 0 Å². The van der Waals surface area contributed by atoms with Crippen LogP contribution in [0, 0.1) is 5.82 Å². The maximum atomic E-state index is 13.0. The molecule has 3 aromatic carbocycles. The Kier molecular flexibility index (Phi) is 6.58. The van der Waals surface area contributed by atoms with E-state index >= 15 is 0 Å². The highest BCUT2D eigenvalue weighted by molar-refractivity contribution is 5.94. The van der Waals surface area contributed by atoms with Crippen molar-refractivity contribution < 1.29 is 18.7 Å². The fraction of sp³-hybridized carbons (Fsp3) is 0.130. The van der Waals surface area contributed by atoms with E-state index in [2.05, 4.69) is 5.32 Å². The minimum atomic E-state index is -0.347. The quantitative estimate of drug-likeness (QED) is 0.639. The molecule has 5 nitrogen and oxygen atoms in total. The van der Waals surface area contributed by atoms with E-state index in [0.29, 0.717) is 11.4 Å². The lowest BCUT2D eigenvalue weighted by atomic mass is 10.2. The third-order valence-electron chi connectivity index (χ3n) is 4.18. The van der Waals surface area contributed by atoms with Crippen molar-refractivity contribution in [2.24, 2.45) is 0 Å². The van der Waals surface area contributed by atoms with Crippen molar-refractivity contribution in [2.45, 2.75) is 13.5 Å². The van der Waals surface area contributed by atoms with E-state index in [1.807, 2.05) is 30.3 Å². The molecule has 3 aromatic rings. The number of carbonyl (C=O) groups is 2. The Balaban J connectivity index is 1.56. The highest BCUT2D eigenvalue weighted by Crippen LogP contribution is 2.22. The predicted molar refractivity (Wildman–Crippen MR) is 109 cm³/mol. The number of benzene rings is 3. The molecule has 3 rings (SSSR count). The lowest BCUT2D eigenvalue weighted by Gasteiger charge is -2.20. The van der Waals surface area contributed by atoms with Crippen LogP contribution in [0.4, 0.5) is 10.1 Å². The summed E-state index contributed by atoms with van der Waals surface area (Å²) in [4.78, 5) is 25.6. The summed E-state index contributed by atoms with van der Waals surface area (Å²) in [5, 5.41) is 2.76. The van der Waals surface area contributed by atoms with Crippen molar-refractivity contribution in [3.05, 3.63) is 90.2 Å². The summed E-state index contributed by atoms with van der Waals surface area (Å²) in [6.45, 7) is 1.52. The molecule has 0 spiro atoms. The summed E-state index contributed by atoms with van der Waals surface area (Å²) < 4.78 is 18.7. The Morgan fingerprint density at radius 1 is 0.897 bits per heavy atom. The Bertz CT molecular complexity index is 958. The number of rotatable bonds is 7. The first-order valence-corrected chi connectivity index (χ1v) is 9.12. The van der Waals surface area contributed by atoms with E-state index < -0.39 is 0 Å². The highest BCUT2D eigenvalue weighted by atomic mass is 19.1. The second kappa shape index (κ2) is 9.50. The second-order valence-electron chi connectivity index (χ2n) is 6.49. The van der Waals surface area contributed by atoms with Gasteiger partial charge in [-0.15, -0.1) is 0 Å². The molecule has 6 heteroatoms. The van der Waals surface area contributed by atoms with Crippen LogP contribution >= 0.6 is 0 Å². The van der Waals surface area contributed by atoms with Crippen molar-refractivity contribution in [1.29, 1.82) is 0 Å². The third-order valence-corrected chi connectivity index (χ3v) is 4.18. The Labute approximate surface area is 168 Å². The van der Waals surface area contributed by atoms with E-state index in [9.17, 15) is 14.0 Å². The first-order valence-electron chi connectivity index (χ1n) is 9.12. The Hall–Kier alpha value is -3.67.